The number of nitrogens with one attached hydrogen (secondary N) is 1. The second-order valence-corrected chi connectivity index (χ2v) is 3.21. The highest BCUT2D eigenvalue weighted by Crippen LogP contribution is 2.28. The molecule has 1 aliphatic rings. The average Bonchev–Trinajstić information content (AvgIpc) is 2.19. The minimum atomic E-state index is -0.107. The number of carbonyl (C=O) groups is 1. The lowest BCUT2D eigenvalue weighted by Gasteiger charge is -2.18. The van der Waals surface area contributed by atoms with E-state index in [0.29, 0.717) is 6.54 Å². The molecule has 1 amide bonds. The molecule has 4 nitrogen and oxygen atoms in total. The molecule has 1 aromatic carbocycles. The third-order valence-electron chi connectivity index (χ3n) is 2.11. The van der Waals surface area contributed by atoms with Gasteiger partial charge in [0.25, 0.3) is 5.91 Å². The summed E-state index contributed by atoms with van der Waals surface area (Å²) in [5, 5.41) is 2.73. The summed E-state index contributed by atoms with van der Waals surface area (Å²) in [5.74, 6) is 0.625. The van der Waals surface area contributed by atoms with Crippen LogP contribution in [0.4, 0.5) is 5.69 Å². The topological polar surface area (TPSA) is 64.3 Å². The molecule has 1 heterocycles. The fourth-order valence-corrected chi connectivity index (χ4v) is 1.44. The molecule has 0 saturated carbocycles. The van der Waals surface area contributed by atoms with E-state index in [2.05, 4.69) is 5.32 Å². The Balaban J connectivity index is 2.26. The van der Waals surface area contributed by atoms with E-state index in [4.69, 9.17) is 10.5 Å². The van der Waals surface area contributed by atoms with Crippen molar-refractivity contribution in [3.63, 3.8) is 0 Å². The van der Waals surface area contributed by atoms with E-state index >= 15 is 0 Å². The molecule has 0 aliphatic carbocycles. The highest BCUT2D eigenvalue weighted by molar-refractivity contribution is 5.95. The van der Waals surface area contributed by atoms with Gasteiger partial charge in [-0.25, -0.2) is 0 Å². The quantitative estimate of drug-likeness (QED) is 0.718. The van der Waals surface area contributed by atoms with E-state index in [-0.39, 0.29) is 12.5 Å². The van der Waals surface area contributed by atoms with Crippen molar-refractivity contribution in [3.05, 3.63) is 23.8 Å². The van der Waals surface area contributed by atoms with Gasteiger partial charge in [0.1, 0.15) is 5.75 Å². The number of hydrogen-bond acceptors (Lipinski definition) is 3. The Bertz CT molecular complexity index is 363. The lowest BCUT2D eigenvalue weighted by Crippen LogP contribution is -2.25. The number of rotatable bonds is 2. The number of fused-ring (bicyclic) bond motifs is 1. The first-order chi connectivity index (χ1) is 6.79. The standard InChI is InChI=1S/C10H12N2O2/c11-4-3-7-1-2-8-9(5-7)14-6-10(13)12-8/h1-2,5H,3-4,6,11H2,(H,12,13). The van der Waals surface area contributed by atoms with Crippen molar-refractivity contribution in [3.8, 4) is 5.75 Å². The van der Waals surface area contributed by atoms with E-state index in [1.165, 1.54) is 0 Å². The van der Waals surface area contributed by atoms with Gasteiger partial charge in [0.05, 0.1) is 5.69 Å². The zero-order valence-corrected chi connectivity index (χ0v) is 7.75. The Kier molecular flexibility index (Phi) is 2.37. The minimum absolute atomic E-state index is 0.0963. The monoisotopic (exact) mass is 192 g/mol. The minimum Gasteiger partial charge on any atom is -0.482 e. The Morgan fingerprint density at radius 1 is 1.50 bits per heavy atom. The van der Waals surface area contributed by atoms with Gasteiger partial charge in [-0.05, 0) is 30.7 Å². The summed E-state index contributed by atoms with van der Waals surface area (Å²) in [6, 6.07) is 5.71. The Morgan fingerprint density at radius 3 is 3.14 bits per heavy atom. The van der Waals surface area contributed by atoms with Gasteiger partial charge in [-0.2, -0.15) is 0 Å². The van der Waals surface area contributed by atoms with Crippen LogP contribution in [0.15, 0.2) is 18.2 Å². The van der Waals surface area contributed by atoms with E-state index in [0.717, 1.165) is 23.4 Å². The zero-order valence-electron chi connectivity index (χ0n) is 7.75. The molecular formula is C10H12N2O2. The van der Waals surface area contributed by atoms with Crippen molar-refractivity contribution in [2.24, 2.45) is 5.73 Å². The summed E-state index contributed by atoms with van der Waals surface area (Å²) in [5.41, 5.74) is 7.31. The first-order valence-electron chi connectivity index (χ1n) is 4.55. The van der Waals surface area contributed by atoms with Crippen LogP contribution in [0.2, 0.25) is 0 Å². The van der Waals surface area contributed by atoms with Crippen LogP contribution >= 0.6 is 0 Å². The van der Waals surface area contributed by atoms with Gasteiger partial charge in [-0.1, -0.05) is 6.07 Å². The molecule has 0 bridgehead atoms. The van der Waals surface area contributed by atoms with Crippen molar-refractivity contribution in [2.45, 2.75) is 6.42 Å². The molecule has 2 rings (SSSR count). The Morgan fingerprint density at radius 2 is 2.36 bits per heavy atom. The van der Waals surface area contributed by atoms with Gasteiger partial charge in [0.2, 0.25) is 0 Å². The van der Waals surface area contributed by atoms with Crippen molar-refractivity contribution >= 4 is 11.6 Å². The molecule has 0 unspecified atom stereocenters. The Hall–Kier alpha value is -1.55. The molecule has 0 atom stereocenters. The number of anilines is 1. The van der Waals surface area contributed by atoms with Crippen LogP contribution in [0.5, 0.6) is 5.75 Å². The number of nitrogens with two attached hydrogens (primary N) is 1. The van der Waals surface area contributed by atoms with Crippen molar-refractivity contribution < 1.29 is 9.53 Å². The van der Waals surface area contributed by atoms with Crippen LogP contribution in [-0.4, -0.2) is 19.1 Å². The smallest absolute Gasteiger partial charge is 0.262 e. The fourth-order valence-electron chi connectivity index (χ4n) is 1.44. The summed E-state index contributed by atoms with van der Waals surface area (Å²) in [6.45, 7) is 0.713. The van der Waals surface area contributed by atoms with Gasteiger partial charge in [-0.3, -0.25) is 4.79 Å². The molecule has 1 aromatic rings. The SMILES string of the molecule is NCCc1ccc2c(c1)OCC(=O)N2. The van der Waals surface area contributed by atoms with E-state index in [9.17, 15) is 4.79 Å². The maximum Gasteiger partial charge on any atom is 0.262 e. The maximum atomic E-state index is 11.0. The molecule has 0 radical (unpaired) electrons. The van der Waals surface area contributed by atoms with Crippen molar-refractivity contribution in [1.29, 1.82) is 0 Å². The van der Waals surface area contributed by atoms with Gasteiger partial charge >= 0.3 is 0 Å². The lowest BCUT2D eigenvalue weighted by molar-refractivity contribution is -0.118. The van der Waals surface area contributed by atoms with Crippen LogP contribution in [0.1, 0.15) is 5.56 Å². The van der Waals surface area contributed by atoms with Crippen molar-refractivity contribution in [2.75, 3.05) is 18.5 Å². The van der Waals surface area contributed by atoms with Gasteiger partial charge in [-0.15, -0.1) is 0 Å². The molecule has 0 spiro atoms. The first-order valence-corrected chi connectivity index (χ1v) is 4.55. The molecule has 0 aromatic heterocycles. The molecule has 3 N–H and O–H groups in total. The molecule has 4 heteroatoms. The summed E-state index contributed by atoms with van der Waals surface area (Å²) in [4.78, 5) is 11.0. The first kappa shape index (κ1) is 9.02. The highest BCUT2D eigenvalue weighted by atomic mass is 16.5. The predicted molar refractivity (Wildman–Crippen MR) is 53.3 cm³/mol. The summed E-state index contributed by atoms with van der Waals surface area (Å²) in [6.07, 6.45) is 0.824. The van der Waals surface area contributed by atoms with E-state index in [1.807, 2.05) is 18.2 Å². The van der Waals surface area contributed by atoms with E-state index in [1.54, 1.807) is 0 Å². The number of amides is 1. The third kappa shape index (κ3) is 1.70. The normalized spacial score (nSPS) is 14.2. The second kappa shape index (κ2) is 3.67. The number of benzene rings is 1. The molecule has 0 saturated heterocycles. The molecular weight excluding hydrogens is 180 g/mol. The molecule has 14 heavy (non-hydrogen) atoms. The maximum absolute atomic E-state index is 11.0. The summed E-state index contributed by atoms with van der Waals surface area (Å²) < 4.78 is 5.27. The largest absolute Gasteiger partial charge is 0.482 e. The number of carbonyl (C=O) groups excluding carboxylic acids is 1. The summed E-state index contributed by atoms with van der Waals surface area (Å²) >= 11 is 0. The van der Waals surface area contributed by atoms with Gasteiger partial charge in [0, 0.05) is 0 Å². The Labute approximate surface area is 82.1 Å². The van der Waals surface area contributed by atoms with Crippen LogP contribution in [0.3, 0.4) is 0 Å². The van der Waals surface area contributed by atoms with Crippen LogP contribution in [-0.2, 0) is 11.2 Å². The van der Waals surface area contributed by atoms with Crippen LogP contribution in [0.25, 0.3) is 0 Å². The molecule has 74 valence electrons. The zero-order chi connectivity index (χ0) is 9.97. The highest BCUT2D eigenvalue weighted by Gasteiger charge is 2.15. The van der Waals surface area contributed by atoms with Gasteiger partial charge in [0.15, 0.2) is 6.61 Å². The number of hydrogen-bond donors (Lipinski definition) is 2. The summed E-state index contributed by atoms with van der Waals surface area (Å²) in [7, 11) is 0. The fraction of sp³-hybridized carbons (Fsp3) is 0.300. The van der Waals surface area contributed by atoms with Crippen LogP contribution < -0.4 is 15.8 Å². The van der Waals surface area contributed by atoms with E-state index < -0.39 is 0 Å². The average molecular weight is 192 g/mol. The predicted octanol–water partition coefficient (Wildman–Crippen LogP) is 0.519. The lowest BCUT2D eigenvalue weighted by atomic mass is 10.1. The second-order valence-electron chi connectivity index (χ2n) is 3.21. The van der Waals surface area contributed by atoms with Crippen molar-refractivity contribution in [1.82, 2.24) is 0 Å². The van der Waals surface area contributed by atoms with Crippen LogP contribution in [0, 0.1) is 0 Å². The number of ether oxygens (including phenoxy) is 1. The third-order valence-corrected chi connectivity index (χ3v) is 2.11. The molecule has 1 aliphatic heterocycles. The molecule has 0 fully saturated rings. The van der Waals surface area contributed by atoms with Gasteiger partial charge < -0.3 is 15.8 Å².